The lowest BCUT2D eigenvalue weighted by atomic mass is 10.1. The number of hydrogen-bond acceptors (Lipinski definition) is 4. The Morgan fingerprint density at radius 3 is 2.68 bits per heavy atom. The van der Waals surface area contributed by atoms with Crippen molar-refractivity contribution in [1.82, 2.24) is 10.2 Å². The van der Waals surface area contributed by atoms with E-state index in [1.54, 1.807) is 24.3 Å². The zero-order valence-corrected chi connectivity index (χ0v) is 14.0. The van der Waals surface area contributed by atoms with E-state index in [2.05, 4.69) is 10.2 Å². The number of amides is 1. The highest BCUT2D eigenvalue weighted by molar-refractivity contribution is 6.30. The fraction of sp³-hybridized carbons (Fsp3) is 0.111. The van der Waals surface area contributed by atoms with Crippen LogP contribution in [0.25, 0.3) is 0 Å². The van der Waals surface area contributed by atoms with Crippen LogP contribution < -0.4 is 10.5 Å². The molecule has 0 unspecified atom stereocenters. The first-order chi connectivity index (χ1) is 12.1. The van der Waals surface area contributed by atoms with E-state index in [4.69, 9.17) is 26.8 Å². The largest absolute Gasteiger partial charge is 0.443 e. The highest BCUT2D eigenvalue weighted by atomic mass is 35.5. The van der Waals surface area contributed by atoms with Gasteiger partial charge in [0.25, 0.3) is 0 Å². The number of primary amides is 1. The van der Waals surface area contributed by atoms with Gasteiger partial charge in [-0.1, -0.05) is 48.0 Å². The Morgan fingerprint density at radius 1 is 1.16 bits per heavy atom. The molecule has 3 rings (SSSR count). The van der Waals surface area contributed by atoms with Crippen LogP contribution in [0.1, 0.15) is 16.8 Å². The zero-order chi connectivity index (χ0) is 17.6. The molecule has 3 N–H and O–H groups in total. The van der Waals surface area contributed by atoms with Crippen LogP contribution in [0.3, 0.4) is 0 Å². The van der Waals surface area contributed by atoms with E-state index in [1.807, 2.05) is 30.3 Å². The molecular weight excluding hydrogens is 342 g/mol. The predicted octanol–water partition coefficient (Wildman–Crippen LogP) is 4.04. The number of hydrogen-bond donors (Lipinski definition) is 2. The Morgan fingerprint density at radius 2 is 1.96 bits per heavy atom. The van der Waals surface area contributed by atoms with E-state index in [9.17, 15) is 4.79 Å². The molecule has 2 aromatic carbocycles. The number of aromatic nitrogens is 2. The molecule has 0 bridgehead atoms. The second-order valence-electron chi connectivity index (χ2n) is 5.32. The van der Waals surface area contributed by atoms with E-state index in [0.717, 1.165) is 11.1 Å². The van der Waals surface area contributed by atoms with Gasteiger partial charge in [0.15, 0.2) is 0 Å². The maximum atomic E-state index is 10.9. The summed E-state index contributed by atoms with van der Waals surface area (Å²) in [6.07, 6.45) is -0.289. The zero-order valence-electron chi connectivity index (χ0n) is 13.2. The number of ether oxygens (including phenoxy) is 2. The summed E-state index contributed by atoms with van der Waals surface area (Å²) >= 11 is 5.99. The van der Waals surface area contributed by atoms with E-state index >= 15 is 0 Å². The molecule has 0 aliphatic carbocycles. The van der Waals surface area contributed by atoms with Gasteiger partial charge in [0.05, 0.1) is 5.69 Å². The molecule has 25 heavy (non-hydrogen) atoms. The van der Waals surface area contributed by atoms with Gasteiger partial charge in [-0.25, -0.2) is 4.79 Å². The van der Waals surface area contributed by atoms with Crippen LogP contribution in [-0.4, -0.2) is 16.3 Å². The summed E-state index contributed by atoms with van der Waals surface area (Å²) in [4.78, 5) is 10.9. The Bertz CT molecular complexity index is 865. The van der Waals surface area contributed by atoms with Gasteiger partial charge in [0, 0.05) is 17.0 Å². The van der Waals surface area contributed by atoms with Gasteiger partial charge in [-0.15, -0.1) is 5.10 Å². The molecule has 0 spiro atoms. The summed E-state index contributed by atoms with van der Waals surface area (Å²) in [6.45, 7) is -0.0105. The number of carbonyl (C=O) groups excluding carboxylic acids is 1. The second kappa shape index (κ2) is 7.72. The molecular formula is C18H16ClN3O3. The molecule has 3 aromatic rings. The molecule has 0 aliphatic heterocycles. The molecule has 1 aromatic heterocycles. The summed E-state index contributed by atoms with van der Waals surface area (Å²) in [5.41, 5.74) is 7.53. The highest BCUT2D eigenvalue weighted by Gasteiger charge is 2.17. The molecule has 1 amide bonds. The van der Waals surface area contributed by atoms with Gasteiger partial charge < -0.3 is 15.2 Å². The Balaban J connectivity index is 1.89. The molecule has 0 saturated heterocycles. The van der Waals surface area contributed by atoms with Crippen LogP contribution in [0.5, 0.6) is 11.6 Å². The molecule has 7 heteroatoms. The van der Waals surface area contributed by atoms with E-state index in [0.29, 0.717) is 28.8 Å². The quantitative estimate of drug-likeness (QED) is 0.696. The standard InChI is InChI=1S/C18H16ClN3O3/c19-13-7-4-8-14(10-13)25-17-15(9-12-5-2-1-3-6-12)16(21-22-17)11-24-18(20)23/h1-8,10H,9,11H2,(H2,20,23)(H,21,22). The fourth-order valence-corrected chi connectivity index (χ4v) is 2.53. The summed E-state index contributed by atoms with van der Waals surface area (Å²) in [5.74, 6) is 0.963. The molecule has 0 aliphatic rings. The number of nitrogens with zero attached hydrogens (tertiary/aromatic N) is 1. The summed E-state index contributed by atoms with van der Waals surface area (Å²) in [6, 6.07) is 16.9. The first-order valence-corrected chi connectivity index (χ1v) is 7.95. The van der Waals surface area contributed by atoms with Crippen LogP contribution in [0, 0.1) is 0 Å². The molecule has 0 saturated carbocycles. The fourth-order valence-electron chi connectivity index (χ4n) is 2.35. The number of nitrogens with one attached hydrogen (secondary N) is 1. The molecule has 0 radical (unpaired) electrons. The van der Waals surface area contributed by atoms with Crippen LogP contribution in [-0.2, 0) is 17.8 Å². The van der Waals surface area contributed by atoms with Gasteiger partial charge >= 0.3 is 6.09 Å². The third kappa shape index (κ3) is 4.51. The van der Waals surface area contributed by atoms with Crippen LogP contribution in [0.2, 0.25) is 5.02 Å². The highest BCUT2D eigenvalue weighted by Crippen LogP contribution is 2.29. The van der Waals surface area contributed by atoms with Crippen molar-refractivity contribution in [2.45, 2.75) is 13.0 Å². The summed E-state index contributed by atoms with van der Waals surface area (Å²) < 4.78 is 10.7. The van der Waals surface area contributed by atoms with E-state index < -0.39 is 6.09 Å². The third-order valence-corrected chi connectivity index (χ3v) is 3.74. The minimum atomic E-state index is -0.849. The van der Waals surface area contributed by atoms with E-state index in [1.165, 1.54) is 0 Å². The van der Waals surface area contributed by atoms with Crippen molar-refractivity contribution in [2.75, 3.05) is 0 Å². The van der Waals surface area contributed by atoms with Crippen LogP contribution >= 0.6 is 11.6 Å². The molecule has 128 valence electrons. The SMILES string of the molecule is NC(=O)OCc1[nH]nc(Oc2cccc(Cl)c2)c1Cc1ccccc1. The number of aromatic amines is 1. The molecule has 0 atom stereocenters. The van der Waals surface area contributed by atoms with Gasteiger partial charge in [0.2, 0.25) is 5.88 Å². The monoisotopic (exact) mass is 357 g/mol. The van der Waals surface area contributed by atoms with E-state index in [-0.39, 0.29) is 6.61 Å². The number of H-pyrrole nitrogens is 1. The number of nitrogens with two attached hydrogens (primary N) is 1. The van der Waals surface area contributed by atoms with Crippen molar-refractivity contribution in [3.63, 3.8) is 0 Å². The van der Waals surface area contributed by atoms with Gasteiger partial charge in [-0.05, 0) is 23.8 Å². The topological polar surface area (TPSA) is 90.2 Å². The lowest BCUT2D eigenvalue weighted by Crippen LogP contribution is -2.13. The number of benzene rings is 2. The Labute approximate surface area is 149 Å². The average Bonchev–Trinajstić information content (AvgIpc) is 2.96. The summed E-state index contributed by atoms with van der Waals surface area (Å²) in [5, 5.41) is 7.60. The van der Waals surface area contributed by atoms with Gasteiger partial charge in [0.1, 0.15) is 12.4 Å². The summed E-state index contributed by atoms with van der Waals surface area (Å²) in [7, 11) is 0. The maximum absolute atomic E-state index is 10.9. The number of carbonyl (C=O) groups is 1. The first kappa shape index (κ1) is 16.9. The molecule has 6 nitrogen and oxygen atoms in total. The van der Waals surface area contributed by atoms with Gasteiger partial charge in [-0.2, -0.15) is 0 Å². The lowest BCUT2D eigenvalue weighted by molar-refractivity contribution is 0.148. The van der Waals surface area contributed by atoms with Crippen molar-refractivity contribution in [1.29, 1.82) is 0 Å². The maximum Gasteiger partial charge on any atom is 0.404 e. The van der Waals surface area contributed by atoms with Crippen molar-refractivity contribution in [3.05, 3.63) is 76.4 Å². The normalized spacial score (nSPS) is 10.4. The Kier molecular flexibility index (Phi) is 5.20. The Hall–Kier alpha value is -2.99. The molecule has 1 heterocycles. The van der Waals surface area contributed by atoms with Crippen molar-refractivity contribution in [2.24, 2.45) is 5.73 Å². The minimum absolute atomic E-state index is 0.0105. The minimum Gasteiger partial charge on any atom is -0.443 e. The van der Waals surface area contributed by atoms with Crippen LogP contribution in [0.15, 0.2) is 54.6 Å². The predicted molar refractivity (Wildman–Crippen MR) is 93.7 cm³/mol. The third-order valence-electron chi connectivity index (χ3n) is 3.51. The average molecular weight is 358 g/mol. The van der Waals surface area contributed by atoms with Crippen molar-refractivity contribution >= 4 is 17.7 Å². The smallest absolute Gasteiger partial charge is 0.404 e. The number of rotatable bonds is 6. The second-order valence-corrected chi connectivity index (χ2v) is 5.75. The first-order valence-electron chi connectivity index (χ1n) is 7.57. The van der Waals surface area contributed by atoms with Crippen molar-refractivity contribution < 1.29 is 14.3 Å². The van der Waals surface area contributed by atoms with Crippen LogP contribution in [0.4, 0.5) is 4.79 Å². The number of halogens is 1. The van der Waals surface area contributed by atoms with Gasteiger partial charge in [-0.3, -0.25) is 5.10 Å². The lowest BCUT2D eigenvalue weighted by Gasteiger charge is -2.08. The molecule has 0 fully saturated rings. The van der Waals surface area contributed by atoms with Crippen molar-refractivity contribution in [3.8, 4) is 11.6 Å².